The molecule has 1 fully saturated rings. The van der Waals surface area contributed by atoms with Crippen LogP contribution >= 0.6 is 23.8 Å². The molecule has 0 saturated carbocycles. The normalized spacial score (nSPS) is 21.3. The average molecular weight is 484 g/mol. The third-order valence-corrected chi connectivity index (χ3v) is 7.05. The summed E-state index contributed by atoms with van der Waals surface area (Å²) in [6.45, 7) is 15.6. The Balaban J connectivity index is 2.28. The second-order valence-electron chi connectivity index (χ2n) is 10.2. The molecule has 1 aliphatic rings. The predicted molar refractivity (Wildman–Crippen MR) is 131 cm³/mol. The summed E-state index contributed by atoms with van der Waals surface area (Å²) in [5, 5.41) is 0.639. The molecule has 1 aromatic rings. The fourth-order valence-electron chi connectivity index (χ4n) is 4.01. The summed E-state index contributed by atoms with van der Waals surface area (Å²) in [5.41, 5.74) is 0.277. The molecule has 1 saturated heterocycles. The quantitative estimate of drug-likeness (QED) is 0.169. The minimum atomic E-state index is -1.85. The van der Waals surface area contributed by atoms with Crippen LogP contribution in [0.4, 0.5) is 0 Å². The molecule has 8 heteroatoms. The van der Waals surface area contributed by atoms with Gasteiger partial charge in [-0.2, -0.15) is 0 Å². The lowest BCUT2D eigenvalue weighted by Crippen LogP contribution is -2.69. The lowest BCUT2D eigenvalue weighted by atomic mass is 9.74. The van der Waals surface area contributed by atoms with Crippen molar-refractivity contribution in [3.8, 4) is 0 Å². The zero-order valence-electron chi connectivity index (χ0n) is 19.7. The molecule has 0 bridgehead atoms. The number of hydrogen-bond donors (Lipinski definition) is 0. The van der Waals surface area contributed by atoms with Gasteiger partial charge in [0.25, 0.3) is 0 Å². The minimum absolute atomic E-state index is 0.0904. The van der Waals surface area contributed by atoms with Gasteiger partial charge in [-0.25, -0.2) is 0 Å². The summed E-state index contributed by atoms with van der Waals surface area (Å²) in [6, 6.07) is 7.13. The summed E-state index contributed by atoms with van der Waals surface area (Å²) in [4.78, 5) is 27.9. The Morgan fingerprint density at radius 1 is 1.19 bits per heavy atom. The van der Waals surface area contributed by atoms with Crippen LogP contribution < -0.4 is 0 Å². The van der Waals surface area contributed by atoms with Crippen LogP contribution in [0.2, 0.25) is 24.7 Å². The Morgan fingerprint density at radius 2 is 1.74 bits per heavy atom. The number of amides is 1. The number of carbonyl (C=O) groups excluding carboxylic acids is 2. The third kappa shape index (κ3) is 6.85. The Bertz CT molecular complexity index is 831. The summed E-state index contributed by atoms with van der Waals surface area (Å²) in [6.07, 6.45) is -0.255. The Morgan fingerprint density at radius 3 is 2.23 bits per heavy atom. The molecule has 0 N–H and O–H groups in total. The largest absolute Gasteiger partial charge is 0.459 e. The summed E-state index contributed by atoms with van der Waals surface area (Å²) in [7, 11) is -1.85. The average Bonchev–Trinajstić information content (AvgIpc) is 2.60. The second-order valence-corrected chi connectivity index (χ2v) is 15.5. The molecule has 0 spiro atoms. The van der Waals surface area contributed by atoms with Crippen molar-refractivity contribution in [3.63, 3.8) is 0 Å². The number of esters is 1. The van der Waals surface area contributed by atoms with E-state index in [1.807, 2.05) is 46.8 Å². The van der Waals surface area contributed by atoms with Crippen molar-refractivity contribution in [3.05, 3.63) is 34.9 Å². The van der Waals surface area contributed by atoms with Crippen LogP contribution in [0.5, 0.6) is 0 Å². The van der Waals surface area contributed by atoms with E-state index in [4.69, 9.17) is 33.0 Å². The molecule has 0 unspecified atom stereocenters. The Labute approximate surface area is 197 Å². The number of β-lactam (4-membered cyclic amide) rings is 1. The van der Waals surface area contributed by atoms with Gasteiger partial charge in [0, 0.05) is 15.8 Å². The first-order valence-electron chi connectivity index (χ1n) is 10.6. The van der Waals surface area contributed by atoms with Gasteiger partial charge in [-0.05, 0) is 65.0 Å². The van der Waals surface area contributed by atoms with Crippen LogP contribution in [0.15, 0.2) is 24.3 Å². The van der Waals surface area contributed by atoms with E-state index in [-0.39, 0.29) is 36.4 Å². The molecular formula is C23H34ClNO4SSi. The minimum Gasteiger partial charge on any atom is -0.459 e. The van der Waals surface area contributed by atoms with Crippen molar-refractivity contribution in [2.75, 3.05) is 6.54 Å². The highest BCUT2D eigenvalue weighted by Gasteiger charge is 2.54. The zero-order chi connectivity index (χ0) is 23.7. The molecule has 0 aliphatic carbocycles. The monoisotopic (exact) mass is 483 g/mol. The maximum atomic E-state index is 13.1. The van der Waals surface area contributed by atoms with E-state index in [1.165, 1.54) is 0 Å². The van der Waals surface area contributed by atoms with Gasteiger partial charge in [-0.1, -0.05) is 42.9 Å². The van der Waals surface area contributed by atoms with Crippen LogP contribution in [0.25, 0.3) is 0 Å². The smallest absolute Gasteiger partial charge is 0.326 e. The maximum absolute atomic E-state index is 13.1. The summed E-state index contributed by atoms with van der Waals surface area (Å²) in [5.74, 6) is -1.01. The highest BCUT2D eigenvalue weighted by Crippen LogP contribution is 2.38. The van der Waals surface area contributed by atoms with Crippen LogP contribution in [0, 0.1) is 11.8 Å². The topological polar surface area (TPSA) is 55.8 Å². The van der Waals surface area contributed by atoms with Gasteiger partial charge in [0.1, 0.15) is 12.1 Å². The van der Waals surface area contributed by atoms with Crippen molar-refractivity contribution >= 4 is 48.9 Å². The molecular weight excluding hydrogens is 450 g/mol. The van der Waals surface area contributed by atoms with Crippen molar-refractivity contribution in [2.45, 2.75) is 72.0 Å². The van der Waals surface area contributed by atoms with E-state index >= 15 is 0 Å². The molecule has 1 amide bonds. The van der Waals surface area contributed by atoms with Gasteiger partial charge >= 0.3 is 5.97 Å². The van der Waals surface area contributed by atoms with Crippen LogP contribution in [0.1, 0.15) is 40.2 Å². The van der Waals surface area contributed by atoms with Gasteiger partial charge < -0.3 is 14.1 Å². The first kappa shape index (κ1) is 26.0. The molecule has 1 heterocycles. The molecule has 0 radical (unpaired) electrons. The fourth-order valence-corrected chi connectivity index (χ4v) is 5.68. The number of benzene rings is 1. The number of thiocarbonyl (C=S) groups is 1. The molecule has 0 aromatic heterocycles. The maximum Gasteiger partial charge on any atom is 0.326 e. The van der Waals surface area contributed by atoms with Crippen molar-refractivity contribution in [1.29, 1.82) is 0 Å². The van der Waals surface area contributed by atoms with E-state index in [0.29, 0.717) is 5.02 Å². The van der Waals surface area contributed by atoms with E-state index in [2.05, 4.69) is 19.6 Å². The Hall–Kier alpha value is -1.28. The molecule has 31 heavy (non-hydrogen) atoms. The van der Waals surface area contributed by atoms with E-state index in [9.17, 15) is 9.59 Å². The van der Waals surface area contributed by atoms with Crippen LogP contribution in [0.3, 0.4) is 0 Å². The van der Waals surface area contributed by atoms with Crippen molar-refractivity contribution < 1.29 is 18.8 Å². The molecule has 5 nitrogen and oxygen atoms in total. The van der Waals surface area contributed by atoms with Crippen LogP contribution in [-0.2, 0) is 18.8 Å². The molecule has 1 aromatic carbocycles. The lowest BCUT2D eigenvalue weighted by Gasteiger charge is -2.52. The van der Waals surface area contributed by atoms with E-state index < -0.39 is 19.9 Å². The number of halogens is 1. The number of hydrogen-bond acceptors (Lipinski definition) is 5. The summed E-state index contributed by atoms with van der Waals surface area (Å²) >= 11 is 11.8. The molecule has 172 valence electrons. The van der Waals surface area contributed by atoms with Gasteiger partial charge in [0.2, 0.25) is 5.91 Å². The first-order chi connectivity index (χ1) is 14.1. The number of rotatable bonds is 8. The number of nitrogens with zero attached hydrogens (tertiary/aromatic N) is 1. The predicted octanol–water partition coefficient (Wildman–Crippen LogP) is 5.10. The standard InChI is InChI=1S/C23H34ClNO4SSi/c1-14(21(30)16-9-11-17(24)12-10-16)20-19(15(2)29-31(6,7)8)22(27)25(20)13-18(26)28-23(3,4)5/h9-12,14-15,19-20H,13H2,1-8H3/t14-,15-,19-,20-/m1/s1. The third-order valence-electron chi connectivity index (χ3n) is 5.12. The van der Waals surface area contributed by atoms with Crippen molar-refractivity contribution in [1.82, 2.24) is 4.90 Å². The zero-order valence-corrected chi connectivity index (χ0v) is 22.3. The number of likely N-dealkylation sites (tertiary alicyclic amines) is 1. The Kier molecular flexibility index (Phi) is 8.12. The molecule has 1 aliphatic heterocycles. The van der Waals surface area contributed by atoms with Crippen molar-refractivity contribution in [2.24, 2.45) is 11.8 Å². The highest BCUT2D eigenvalue weighted by atomic mass is 35.5. The molecule has 4 atom stereocenters. The highest BCUT2D eigenvalue weighted by molar-refractivity contribution is 7.80. The van der Waals surface area contributed by atoms with Gasteiger partial charge in [-0.15, -0.1) is 0 Å². The fraction of sp³-hybridized carbons (Fsp3) is 0.609. The lowest BCUT2D eigenvalue weighted by molar-refractivity contribution is -0.176. The van der Waals surface area contributed by atoms with E-state index in [0.717, 1.165) is 10.4 Å². The number of ether oxygens (including phenoxy) is 1. The number of carbonyl (C=O) groups is 2. The molecule has 2 rings (SSSR count). The SMILES string of the molecule is C[C@@H](O[Si](C)(C)C)[C@H]1C(=O)N(CC(=O)OC(C)(C)C)[C@@H]1[C@@H](C)C(=S)c1ccc(Cl)cc1. The summed E-state index contributed by atoms with van der Waals surface area (Å²) < 4.78 is 11.7. The van der Waals surface area contributed by atoms with Gasteiger partial charge in [-0.3, -0.25) is 9.59 Å². The second kappa shape index (κ2) is 9.69. The van der Waals surface area contributed by atoms with Crippen LogP contribution in [-0.4, -0.2) is 54.2 Å². The van der Waals surface area contributed by atoms with Gasteiger partial charge in [0.05, 0.1) is 18.1 Å². The van der Waals surface area contributed by atoms with Gasteiger partial charge in [0.15, 0.2) is 8.32 Å². The first-order valence-corrected chi connectivity index (χ1v) is 14.8. The van der Waals surface area contributed by atoms with E-state index in [1.54, 1.807) is 17.0 Å².